The van der Waals surface area contributed by atoms with Crippen LogP contribution in [0.25, 0.3) is 0 Å². The van der Waals surface area contributed by atoms with Gasteiger partial charge in [-0.15, -0.1) is 0 Å². The molecule has 152 valence electrons. The van der Waals surface area contributed by atoms with Crippen molar-refractivity contribution in [2.75, 3.05) is 33.4 Å². The molecule has 28 heavy (non-hydrogen) atoms. The maximum atomic E-state index is 9.37. The normalized spacial score (nSPS) is 19.8. The minimum Gasteiger partial charge on any atom is -0.396 e. The van der Waals surface area contributed by atoms with Gasteiger partial charge in [0.1, 0.15) is 5.82 Å². The summed E-state index contributed by atoms with van der Waals surface area (Å²) >= 11 is 0. The van der Waals surface area contributed by atoms with E-state index in [1.807, 2.05) is 19.3 Å². The van der Waals surface area contributed by atoms with Crippen LogP contribution in [-0.2, 0) is 17.8 Å². The molecule has 2 aromatic rings. The maximum absolute atomic E-state index is 9.37. The molecule has 2 heterocycles. The quantitative estimate of drug-likeness (QED) is 0.476. The Morgan fingerprint density at radius 2 is 2.21 bits per heavy atom. The van der Waals surface area contributed by atoms with Gasteiger partial charge in [-0.1, -0.05) is 24.3 Å². The number of rotatable bonds is 8. The molecule has 0 aliphatic carbocycles. The van der Waals surface area contributed by atoms with Crippen LogP contribution in [-0.4, -0.2) is 54.0 Å². The molecule has 1 saturated heterocycles. The molecule has 1 aromatic carbocycles. The number of nitrogens with zero attached hydrogens (tertiary/aromatic N) is 3. The third-order valence-corrected chi connectivity index (χ3v) is 5.41. The lowest BCUT2D eigenvalue weighted by Gasteiger charge is -2.27. The number of ether oxygens (including phenoxy) is 1. The highest BCUT2D eigenvalue weighted by molar-refractivity contribution is 5.79. The van der Waals surface area contributed by atoms with Crippen LogP contribution in [0.2, 0.25) is 0 Å². The zero-order valence-electron chi connectivity index (χ0n) is 16.8. The Balaban J connectivity index is 1.53. The SMILES string of the molecule is CN=C(NCc1cccc(Cn2ccnc2C)c1)NCC1(CCO)CCOC1. The number of benzene rings is 1. The molecule has 1 unspecified atom stereocenters. The predicted octanol–water partition coefficient (Wildman–Crippen LogP) is 1.69. The number of nitrogens with one attached hydrogen (secondary N) is 2. The lowest BCUT2D eigenvalue weighted by atomic mass is 9.84. The van der Waals surface area contributed by atoms with Crippen molar-refractivity contribution in [3.8, 4) is 0 Å². The molecule has 0 bridgehead atoms. The summed E-state index contributed by atoms with van der Waals surface area (Å²) in [4.78, 5) is 8.61. The van der Waals surface area contributed by atoms with Crippen molar-refractivity contribution in [2.24, 2.45) is 10.4 Å². The fraction of sp³-hybridized carbons (Fsp3) is 0.524. The van der Waals surface area contributed by atoms with Crippen LogP contribution in [0, 0.1) is 12.3 Å². The molecule has 1 aromatic heterocycles. The highest BCUT2D eigenvalue weighted by atomic mass is 16.5. The van der Waals surface area contributed by atoms with Crippen LogP contribution in [0.15, 0.2) is 41.7 Å². The molecule has 3 N–H and O–H groups in total. The Bertz CT molecular complexity index is 781. The van der Waals surface area contributed by atoms with E-state index in [1.54, 1.807) is 7.05 Å². The van der Waals surface area contributed by atoms with Crippen LogP contribution >= 0.6 is 0 Å². The Morgan fingerprint density at radius 1 is 1.36 bits per heavy atom. The van der Waals surface area contributed by atoms with Gasteiger partial charge in [0.05, 0.1) is 6.61 Å². The van der Waals surface area contributed by atoms with E-state index >= 15 is 0 Å². The minimum absolute atomic E-state index is 0.00501. The van der Waals surface area contributed by atoms with Gasteiger partial charge in [0.15, 0.2) is 5.96 Å². The smallest absolute Gasteiger partial charge is 0.191 e. The fourth-order valence-corrected chi connectivity index (χ4v) is 3.59. The first-order chi connectivity index (χ1) is 13.6. The van der Waals surface area contributed by atoms with E-state index < -0.39 is 0 Å². The number of aromatic nitrogens is 2. The highest BCUT2D eigenvalue weighted by Crippen LogP contribution is 2.31. The Hall–Kier alpha value is -2.38. The molecule has 7 nitrogen and oxygen atoms in total. The maximum Gasteiger partial charge on any atom is 0.191 e. The van der Waals surface area contributed by atoms with Crippen LogP contribution < -0.4 is 10.6 Å². The average Bonchev–Trinajstić information content (AvgIpc) is 3.32. The van der Waals surface area contributed by atoms with Crippen molar-refractivity contribution in [3.63, 3.8) is 0 Å². The number of hydrogen-bond acceptors (Lipinski definition) is 4. The second kappa shape index (κ2) is 9.71. The van der Waals surface area contributed by atoms with Gasteiger partial charge in [-0.25, -0.2) is 4.98 Å². The van der Waals surface area contributed by atoms with Gasteiger partial charge in [-0.3, -0.25) is 4.99 Å². The molecule has 1 atom stereocenters. The number of aryl methyl sites for hydroxylation is 1. The van der Waals surface area contributed by atoms with Gasteiger partial charge < -0.3 is 25.0 Å². The summed E-state index contributed by atoms with van der Waals surface area (Å²) in [5.74, 6) is 1.78. The van der Waals surface area contributed by atoms with Crippen molar-refractivity contribution in [1.82, 2.24) is 20.2 Å². The molecule has 1 aliphatic heterocycles. The topological polar surface area (TPSA) is 83.7 Å². The van der Waals surface area contributed by atoms with E-state index in [9.17, 15) is 5.11 Å². The van der Waals surface area contributed by atoms with Gasteiger partial charge in [0, 0.05) is 57.7 Å². The van der Waals surface area contributed by atoms with Gasteiger partial charge in [-0.05, 0) is 30.9 Å². The molecule has 0 saturated carbocycles. The van der Waals surface area contributed by atoms with Gasteiger partial charge >= 0.3 is 0 Å². The Morgan fingerprint density at radius 3 is 2.89 bits per heavy atom. The van der Waals surface area contributed by atoms with E-state index in [0.717, 1.165) is 44.3 Å². The number of aliphatic hydroxyl groups is 1. The molecule has 1 fully saturated rings. The predicted molar refractivity (Wildman–Crippen MR) is 110 cm³/mol. The summed E-state index contributed by atoms with van der Waals surface area (Å²) in [7, 11) is 1.78. The van der Waals surface area contributed by atoms with E-state index in [4.69, 9.17) is 4.74 Å². The van der Waals surface area contributed by atoms with Crippen LogP contribution in [0.1, 0.15) is 29.8 Å². The van der Waals surface area contributed by atoms with Crippen molar-refractivity contribution >= 4 is 5.96 Å². The minimum atomic E-state index is -0.00501. The summed E-state index contributed by atoms with van der Waals surface area (Å²) in [5.41, 5.74) is 2.44. The molecule has 0 amide bonds. The van der Waals surface area contributed by atoms with Crippen molar-refractivity contribution in [2.45, 2.75) is 32.9 Å². The average molecular weight is 386 g/mol. The zero-order chi connectivity index (χ0) is 19.8. The first-order valence-corrected chi connectivity index (χ1v) is 9.83. The Kier molecular flexibility index (Phi) is 7.06. The second-order valence-electron chi connectivity index (χ2n) is 7.48. The monoisotopic (exact) mass is 385 g/mol. The molecule has 1 aliphatic rings. The Labute approximate surface area is 166 Å². The van der Waals surface area contributed by atoms with Crippen molar-refractivity contribution in [1.29, 1.82) is 0 Å². The largest absolute Gasteiger partial charge is 0.396 e. The van der Waals surface area contributed by atoms with E-state index in [-0.39, 0.29) is 12.0 Å². The number of imidazole rings is 1. The first kappa shape index (κ1) is 20.4. The number of hydrogen-bond donors (Lipinski definition) is 3. The van der Waals surface area contributed by atoms with Crippen LogP contribution in [0.4, 0.5) is 0 Å². The molecular weight excluding hydrogens is 354 g/mol. The lowest BCUT2D eigenvalue weighted by molar-refractivity contribution is 0.127. The third kappa shape index (κ3) is 5.33. The van der Waals surface area contributed by atoms with E-state index in [2.05, 4.69) is 49.4 Å². The number of aliphatic imine (C=N–C) groups is 1. The molecule has 0 radical (unpaired) electrons. The molecule has 3 rings (SSSR count). The van der Waals surface area contributed by atoms with Gasteiger partial charge in [-0.2, -0.15) is 0 Å². The van der Waals surface area contributed by atoms with E-state index in [0.29, 0.717) is 13.2 Å². The van der Waals surface area contributed by atoms with Crippen molar-refractivity contribution < 1.29 is 9.84 Å². The van der Waals surface area contributed by atoms with E-state index in [1.165, 1.54) is 11.1 Å². The first-order valence-electron chi connectivity index (χ1n) is 9.83. The summed E-state index contributed by atoms with van der Waals surface area (Å²) in [6, 6.07) is 8.54. The van der Waals surface area contributed by atoms with Crippen LogP contribution in [0.3, 0.4) is 0 Å². The molecule has 7 heteroatoms. The van der Waals surface area contributed by atoms with Gasteiger partial charge in [0.25, 0.3) is 0 Å². The molecular formula is C21H31N5O2. The van der Waals surface area contributed by atoms with Crippen LogP contribution in [0.5, 0.6) is 0 Å². The number of guanidine groups is 1. The summed E-state index contributed by atoms with van der Waals surface area (Å²) in [6.07, 6.45) is 5.54. The highest BCUT2D eigenvalue weighted by Gasteiger charge is 2.34. The zero-order valence-corrected chi connectivity index (χ0v) is 16.8. The lowest BCUT2D eigenvalue weighted by Crippen LogP contribution is -2.44. The second-order valence-corrected chi connectivity index (χ2v) is 7.48. The summed E-state index contributed by atoms with van der Waals surface area (Å²) in [6.45, 7) is 5.90. The third-order valence-electron chi connectivity index (χ3n) is 5.41. The summed E-state index contributed by atoms with van der Waals surface area (Å²) < 4.78 is 7.69. The van der Waals surface area contributed by atoms with Crippen molar-refractivity contribution in [3.05, 3.63) is 53.6 Å². The standard InChI is InChI=1S/C21H31N5O2/c1-17-23-8-9-26(17)14-19-5-3-4-18(12-19)13-24-20(22-2)25-15-21(6-10-27)7-11-28-16-21/h3-5,8-9,12,27H,6-7,10-11,13-16H2,1-2H3,(H2,22,24,25). The number of aliphatic hydroxyl groups excluding tert-OH is 1. The molecule has 0 spiro atoms. The fourth-order valence-electron chi connectivity index (χ4n) is 3.59. The van der Waals surface area contributed by atoms with Gasteiger partial charge in [0.2, 0.25) is 0 Å². The summed E-state index contributed by atoms with van der Waals surface area (Å²) in [5, 5.41) is 16.2.